The monoisotopic (exact) mass is 333 g/mol. The molecular formula is C18H15N5O2. The number of hydrogen-bond acceptors (Lipinski definition) is 5. The van der Waals surface area contributed by atoms with Crippen LogP contribution in [0.5, 0.6) is 0 Å². The van der Waals surface area contributed by atoms with Crippen molar-refractivity contribution in [3.63, 3.8) is 0 Å². The van der Waals surface area contributed by atoms with E-state index in [-0.39, 0.29) is 11.7 Å². The van der Waals surface area contributed by atoms with Gasteiger partial charge in [-0.15, -0.1) is 10.2 Å². The third-order valence-corrected chi connectivity index (χ3v) is 3.81. The molecule has 4 aromatic rings. The van der Waals surface area contributed by atoms with Crippen molar-refractivity contribution >= 4 is 17.2 Å². The highest BCUT2D eigenvalue weighted by atomic mass is 16.5. The van der Waals surface area contributed by atoms with E-state index in [0.717, 1.165) is 17.0 Å². The Bertz CT molecular complexity index is 1030. The first-order chi connectivity index (χ1) is 12.2. The van der Waals surface area contributed by atoms with E-state index in [1.54, 1.807) is 13.0 Å². The summed E-state index contributed by atoms with van der Waals surface area (Å²) in [7, 11) is 0. The molecule has 124 valence electrons. The predicted molar refractivity (Wildman–Crippen MR) is 91.4 cm³/mol. The van der Waals surface area contributed by atoms with Gasteiger partial charge in [-0.2, -0.15) is 0 Å². The summed E-state index contributed by atoms with van der Waals surface area (Å²) in [6.07, 6.45) is 2.60. The fourth-order valence-corrected chi connectivity index (χ4v) is 2.56. The molecule has 0 aliphatic carbocycles. The first kappa shape index (κ1) is 15.1. The van der Waals surface area contributed by atoms with Crippen LogP contribution in [0.3, 0.4) is 0 Å². The van der Waals surface area contributed by atoms with Crippen molar-refractivity contribution in [3.05, 3.63) is 77.6 Å². The highest BCUT2D eigenvalue weighted by Gasteiger charge is 2.12. The van der Waals surface area contributed by atoms with E-state index in [4.69, 9.17) is 4.52 Å². The van der Waals surface area contributed by atoms with Gasteiger partial charge in [0.2, 0.25) is 5.76 Å². The van der Waals surface area contributed by atoms with Crippen LogP contribution >= 0.6 is 0 Å². The number of aromatic nitrogens is 4. The van der Waals surface area contributed by atoms with Gasteiger partial charge in [0.1, 0.15) is 5.82 Å². The number of nitrogens with one attached hydrogen (secondary N) is 1. The number of fused-ring (bicyclic) bond motifs is 1. The minimum absolute atomic E-state index is 0.191. The van der Waals surface area contributed by atoms with E-state index in [1.807, 2.05) is 53.1 Å². The Morgan fingerprint density at radius 3 is 2.76 bits per heavy atom. The standard InChI is InChI=1S/C18H15N5O2/c1-12-10-15(25-22-12)18(24)19-14-7-5-13(6-8-14)11-17-21-20-16-4-2-3-9-23(16)17/h2-10H,11H2,1H3,(H,19,24). The van der Waals surface area contributed by atoms with Gasteiger partial charge in [-0.25, -0.2) is 0 Å². The minimum atomic E-state index is -0.322. The van der Waals surface area contributed by atoms with Crippen molar-refractivity contribution in [2.45, 2.75) is 13.3 Å². The number of carbonyl (C=O) groups is 1. The normalized spacial score (nSPS) is 10.9. The van der Waals surface area contributed by atoms with Gasteiger partial charge in [0.05, 0.1) is 5.69 Å². The van der Waals surface area contributed by atoms with Crippen molar-refractivity contribution in [1.82, 2.24) is 19.8 Å². The number of nitrogens with zero attached hydrogens (tertiary/aromatic N) is 4. The summed E-state index contributed by atoms with van der Waals surface area (Å²) in [4.78, 5) is 12.0. The van der Waals surface area contributed by atoms with E-state index in [0.29, 0.717) is 17.8 Å². The summed E-state index contributed by atoms with van der Waals surface area (Å²) in [6.45, 7) is 1.77. The maximum absolute atomic E-state index is 12.0. The Morgan fingerprint density at radius 1 is 1.16 bits per heavy atom. The van der Waals surface area contributed by atoms with Gasteiger partial charge in [0, 0.05) is 24.4 Å². The molecule has 0 radical (unpaired) electrons. The lowest BCUT2D eigenvalue weighted by Gasteiger charge is -2.05. The topological polar surface area (TPSA) is 85.3 Å². The van der Waals surface area contributed by atoms with Crippen molar-refractivity contribution in [3.8, 4) is 0 Å². The number of aryl methyl sites for hydroxylation is 1. The molecule has 0 spiro atoms. The fraction of sp³-hybridized carbons (Fsp3) is 0.111. The predicted octanol–water partition coefficient (Wildman–Crippen LogP) is 2.87. The molecule has 0 aliphatic rings. The highest BCUT2D eigenvalue weighted by molar-refractivity contribution is 6.02. The number of carbonyl (C=O) groups excluding carboxylic acids is 1. The van der Waals surface area contributed by atoms with Crippen LogP contribution in [0.15, 0.2) is 59.3 Å². The van der Waals surface area contributed by atoms with E-state index < -0.39 is 0 Å². The number of anilines is 1. The molecule has 1 N–H and O–H groups in total. The Kier molecular flexibility index (Phi) is 3.74. The van der Waals surface area contributed by atoms with Gasteiger partial charge in [0.15, 0.2) is 5.65 Å². The number of amides is 1. The maximum Gasteiger partial charge on any atom is 0.294 e. The summed E-state index contributed by atoms with van der Waals surface area (Å²) in [5.74, 6) is 0.734. The Hall–Kier alpha value is -3.48. The van der Waals surface area contributed by atoms with Crippen LogP contribution in [-0.4, -0.2) is 25.7 Å². The number of pyridine rings is 1. The summed E-state index contributed by atoms with van der Waals surface area (Å²) < 4.78 is 6.91. The van der Waals surface area contributed by atoms with Crippen molar-refractivity contribution < 1.29 is 9.32 Å². The van der Waals surface area contributed by atoms with E-state index in [9.17, 15) is 4.79 Å². The van der Waals surface area contributed by atoms with Crippen LogP contribution in [0.2, 0.25) is 0 Å². The highest BCUT2D eigenvalue weighted by Crippen LogP contribution is 2.15. The molecule has 0 fully saturated rings. The van der Waals surface area contributed by atoms with Crippen LogP contribution < -0.4 is 5.32 Å². The van der Waals surface area contributed by atoms with Crippen LogP contribution in [0.1, 0.15) is 27.6 Å². The quantitative estimate of drug-likeness (QED) is 0.621. The second-order valence-electron chi connectivity index (χ2n) is 5.71. The molecule has 4 rings (SSSR count). The number of rotatable bonds is 4. The summed E-state index contributed by atoms with van der Waals surface area (Å²) in [5, 5.41) is 14.9. The van der Waals surface area contributed by atoms with Crippen molar-refractivity contribution in [2.24, 2.45) is 0 Å². The second kappa shape index (κ2) is 6.20. The molecular weight excluding hydrogens is 318 g/mol. The smallest absolute Gasteiger partial charge is 0.294 e. The first-order valence-electron chi connectivity index (χ1n) is 7.81. The molecule has 25 heavy (non-hydrogen) atoms. The van der Waals surface area contributed by atoms with Crippen LogP contribution in [0.4, 0.5) is 5.69 Å². The van der Waals surface area contributed by atoms with Gasteiger partial charge < -0.3 is 9.84 Å². The largest absolute Gasteiger partial charge is 0.351 e. The minimum Gasteiger partial charge on any atom is -0.351 e. The van der Waals surface area contributed by atoms with Gasteiger partial charge in [-0.1, -0.05) is 23.4 Å². The Labute approximate surface area is 143 Å². The van der Waals surface area contributed by atoms with Crippen LogP contribution in [-0.2, 0) is 6.42 Å². The first-order valence-corrected chi connectivity index (χ1v) is 7.81. The molecule has 3 heterocycles. The Balaban J connectivity index is 1.47. The molecule has 0 saturated carbocycles. The van der Waals surface area contributed by atoms with Crippen LogP contribution in [0.25, 0.3) is 5.65 Å². The molecule has 1 amide bonds. The molecule has 7 nitrogen and oxygen atoms in total. The molecule has 0 saturated heterocycles. The molecule has 0 atom stereocenters. The molecule has 0 aliphatic heterocycles. The van der Waals surface area contributed by atoms with Gasteiger partial charge in [-0.05, 0) is 36.8 Å². The zero-order valence-corrected chi connectivity index (χ0v) is 13.5. The van der Waals surface area contributed by atoms with Crippen molar-refractivity contribution in [2.75, 3.05) is 5.32 Å². The maximum atomic E-state index is 12.0. The average molecular weight is 333 g/mol. The molecule has 1 aromatic carbocycles. The molecule has 0 unspecified atom stereocenters. The summed E-state index contributed by atoms with van der Waals surface area (Å²) in [5.41, 5.74) is 3.25. The summed E-state index contributed by atoms with van der Waals surface area (Å²) >= 11 is 0. The van der Waals surface area contributed by atoms with E-state index in [2.05, 4.69) is 20.7 Å². The molecule has 0 bridgehead atoms. The van der Waals surface area contributed by atoms with Gasteiger partial charge >= 0.3 is 0 Å². The van der Waals surface area contributed by atoms with Gasteiger partial charge in [0.25, 0.3) is 5.91 Å². The fourth-order valence-electron chi connectivity index (χ4n) is 2.56. The Morgan fingerprint density at radius 2 is 2.00 bits per heavy atom. The number of hydrogen-bond donors (Lipinski definition) is 1. The third kappa shape index (κ3) is 3.12. The summed E-state index contributed by atoms with van der Waals surface area (Å²) in [6, 6.07) is 15.0. The third-order valence-electron chi connectivity index (χ3n) is 3.81. The zero-order chi connectivity index (χ0) is 17.2. The van der Waals surface area contributed by atoms with E-state index in [1.165, 1.54) is 0 Å². The number of benzene rings is 1. The van der Waals surface area contributed by atoms with Crippen molar-refractivity contribution in [1.29, 1.82) is 0 Å². The van der Waals surface area contributed by atoms with Crippen LogP contribution in [0, 0.1) is 6.92 Å². The molecule has 7 heteroatoms. The lowest BCUT2D eigenvalue weighted by molar-refractivity contribution is 0.0988. The average Bonchev–Trinajstić information content (AvgIpc) is 3.24. The zero-order valence-electron chi connectivity index (χ0n) is 13.5. The SMILES string of the molecule is Cc1cc(C(=O)Nc2ccc(Cc3nnc4ccccn34)cc2)on1. The second-order valence-corrected chi connectivity index (χ2v) is 5.71. The molecule has 3 aromatic heterocycles. The lowest BCUT2D eigenvalue weighted by atomic mass is 10.1. The van der Waals surface area contributed by atoms with Gasteiger partial charge in [-0.3, -0.25) is 9.20 Å². The lowest BCUT2D eigenvalue weighted by Crippen LogP contribution is -2.10. The van der Waals surface area contributed by atoms with E-state index >= 15 is 0 Å².